The van der Waals surface area contributed by atoms with E-state index in [0.29, 0.717) is 31.6 Å². The lowest BCUT2D eigenvalue weighted by Crippen LogP contribution is -2.46. The molecule has 0 saturated carbocycles. The van der Waals surface area contributed by atoms with Gasteiger partial charge < -0.3 is 14.4 Å². The molecule has 0 bridgehead atoms. The quantitative estimate of drug-likeness (QED) is 0.728. The van der Waals surface area contributed by atoms with Crippen LogP contribution in [0.15, 0.2) is 30.3 Å². The molecule has 6 heteroatoms. The highest BCUT2D eigenvalue weighted by Gasteiger charge is 2.26. The number of carbonyl (C=O) groups excluding carboxylic acids is 1. The minimum Gasteiger partial charge on any atom is -0.381 e. The molecular weight excluding hydrogens is 378 g/mol. The Morgan fingerprint density at radius 1 is 1.20 bits per heavy atom. The zero-order valence-electron chi connectivity index (χ0n) is 17.6. The normalized spacial score (nSPS) is 21.4. The fourth-order valence-electron chi connectivity index (χ4n) is 4.35. The number of pyridine rings is 1. The highest BCUT2D eigenvalue weighted by Crippen LogP contribution is 2.27. The number of Topliss-reactive ketones (excluding diaryl/α,β-unsaturated/α-hetero) is 1. The zero-order valence-corrected chi connectivity index (χ0v) is 17.6. The molecular formula is C24H27N3O3. The Balaban J connectivity index is 1.69. The van der Waals surface area contributed by atoms with Gasteiger partial charge in [-0.25, -0.2) is 4.98 Å². The van der Waals surface area contributed by atoms with Crippen molar-refractivity contribution in [2.24, 2.45) is 0 Å². The van der Waals surface area contributed by atoms with E-state index < -0.39 is 0 Å². The first-order valence-corrected chi connectivity index (χ1v) is 10.6. The highest BCUT2D eigenvalue weighted by atomic mass is 16.5. The number of carbonyl (C=O) groups is 1. The molecule has 2 aromatic rings. The van der Waals surface area contributed by atoms with Gasteiger partial charge in [0, 0.05) is 37.2 Å². The van der Waals surface area contributed by atoms with E-state index in [1.54, 1.807) is 12.1 Å². The molecule has 1 saturated heterocycles. The molecule has 0 radical (unpaired) electrons. The molecule has 4 rings (SSSR count). The van der Waals surface area contributed by atoms with Gasteiger partial charge in [-0.3, -0.25) is 4.79 Å². The van der Waals surface area contributed by atoms with Crippen molar-refractivity contribution < 1.29 is 14.3 Å². The lowest BCUT2D eigenvalue weighted by Gasteiger charge is -2.36. The van der Waals surface area contributed by atoms with Crippen molar-refractivity contribution in [1.29, 1.82) is 5.26 Å². The van der Waals surface area contributed by atoms with Crippen LogP contribution in [-0.4, -0.2) is 49.3 Å². The number of aromatic nitrogens is 1. The van der Waals surface area contributed by atoms with E-state index in [0.717, 1.165) is 41.3 Å². The number of hydrogen-bond acceptors (Lipinski definition) is 6. The van der Waals surface area contributed by atoms with E-state index in [9.17, 15) is 4.79 Å². The number of rotatable bonds is 4. The van der Waals surface area contributed by atoms with Crippen molar-refractivity contribution in [2.45, 2.75) is 45.3 Å². The second-order valence-corrected chi connectivity index (χ2v) is 8.14. The molecule has 2 atom stereocenters. The van der Waals surface area contributed by atoms with Crippen LogP contribution in [0, 0.1) is 11.3 Å². The predicted octanol–water partition coefficient (Wildman–Crippen LogP) is 3.11. The first-order valence-electron chi connectivity index (χ1n) is 10.6. The van der Waals surface area contributed by atoms with Gasteiger partial charge in [0.2, 0.25) is 0 Å². The fourth-order valence-corrected chi connectivity index (χ4v) is 4.35. The van der Waals surface area contributed by atoms with Gasteiger partial charge in [0.05, 0.1) is 37.1 Å². The van der Waals surface area contributed by atoms with Crippen LogP contribution in [0.4, 0.5) is 5.82 Å². The molecule has 3 heterocycles. The lowest BCUT2D eigenvalue weighted by molar-refractivity contribution is -0.00547. The summed E-state index contributed by atoms with van der Waals surface area (Å²) in [5.41, 5.74) is 4.12. The van der Waals surface area contributed by atoms with Crippen LogP contribution >= 0.6 is 0 Å². The smallest absolute Gasteiger partial charge is 0.167 e. The Kier molecular flexibility index (Phi) is 6.12. The third kappa shape index (κ3) is 4.53. The van der Waals surface area contributed by atoms with E-state index in [1.807, 2.05) is 18.2 Å². The van der Waals surface area contributed by atoms with Crippen LogP contribution in [0.1, 0.15) is 46.6 Å². The molecule has 1 fully saturated rings. The summed E-state index contributed by atoms with van der Waals surface area (Å²) in [7, 11) is 0. The number of nitriles is 1. The lowest BCUT2D eigenvalue weighted by atomic mass is 9.94. The number of ether oxygens (including phenoxy) is 2. The third-order valence-electron chi connectivity index (χ3n) is 5.64. The Morgan fingerprint density at radius 2 is 1.97 bits per heavy atom. The molecule has 0 unspecified atom stereocenters. The van der Waals surface area contributed by atoms with Crippen LogP contribution in [0.3, 0.4) is 0 Å². The summed E-state index contributed by atoms with van der Waals surface area (Å²) in [6, 6.07) is 11.4. The number of ketones is 1. The molecule has 0 spiro atoms. The van der Waals surface area contributed by atoms with Crippen LogP contribution in [0.5, 0.6) is 0 Å². The summed E-state index contributed by atoms with van der Waals surface area (Å²) >= 11 is 0. The van der Waals surface area contributed by atoms with Gasteiger partial charge in [-0.1, -0.05) is 12.1 Å². The highest BCUT2D eigenvalue weighted by molar-refractivity contribution is 5.99. The summed E-state index contributed by atoms with van der Waals surface area (Å²) in [5.74, 6) is 0.896. The van der Waals surface area contributed by atoms with Gasteiger partial charge in [0.15, 0.2) is 5.78 Å². The van der Waals surface area contributed by atoms with Crippen molar-refractivity contribution >= 4 is 11.6 Å². The second kappa shape index (κ2) is 8.95. The van der Waals surface area contributed by atoms with E-state index in [-0.39, 0.29) is 24.4 Å². The maximum absolute atomic E-state index is 13.4. The molecule has 0 amide bonds. The number of morpholine rings is 1. The monoisotopic (exact) mass is 405 g/mol. The first-order chi connectivity index (χ1) is 14.5. The molecule has 1 aromatic heterocycles. The van der Waals surface area contributed by atoms with Gasteiger partial charge in [0.25, 0.3) is 0 Å². The molecule has 2 aliphatic heterocycles. The molecule has 6 nitrogen and oxygen atoms in total. The van der Waals surface area contributed by atoms with Gasteiger partial charge in [-0.2, -0.15) is 5.26 Å². The number of benzene rings is 1. The Bertz CT molecular complexity index is 972. The Hall–Kier alpha value is -2.75. The minimum atomic E-state index is 0.0567. The van der Waals surface area contributed by atoms with Crippen LogP contribution < -0.4 is 4.90 Å². The number of nitrogens with zero attached hydrogens (tertiary/aromatic N) is 3. The fraction of sp³-hybridized carbons (Fsp3) is 0.458. The summed E-state index contributed by atoms with van der Waals surface area (Å²) in [6.07, 6.45) is 1.90. The van der Waals surface area contributed by atoms with Crippen LogP contribution in [-0.2, 0) is 28.7 Å². The molecule has 2 aliphatic rings. The molecule has 0 aliphatic carbocycles. The average Bonchev–Trinajstić information content (AvgIpc) is 2.98. The van der Waals surface area contributed by atoms with Crippen molar-refractivity contribution in [1.82, 2.24) is 4.98 Å². The SMILES string of the molecule is C[C@@H]1CN(c2cc(C(=O)Cc3cccc(C#N)c3)c3c(n2)CCOCC3)C[C@H](C)O1. The standard InChI is InChI=1S/C24H27N3O3/c1-16-14-27(15-17(2)30-16)24-12-21(20-6-8-29-9-7-22(20)26-24)23(28)11-18-4-3-5-19(10-18)13-25/h3-5,10,12,16-17H,6-9,11,14-15H2,1-2H3/t16-,17+. The zero-order chi connectivity index (χ0) is 21.1. The maximum Gasteiger partial charge on any atom is 0.167 e. The third-order valence-corrected chi connectivity index (χ3v) is 5.64. The molecule has 0 N–H and O–H groups in total. The summed E-state index contributed by atoms with van der Waals surface area (Å²) in [4.78, 5) is 20.5. The van der Waals surface area contributed by atoms with Crippen LogP contribution in [0.25, 0.3) is 0 Å². The van der Waals surface area contributed by atoms with E-state index in [2.05, 4.69) is 24.8 Å². The summed E-state index contributed by atoms with van der Waals surface area (Å²) < 4.78 is 11.5. The van der Waals surface area contributed by atoms with Gasteiger partial charge in [0.1, 0.15) is 5.82 Å². The summed E-state index contributed by atoms with van der Waals surface area (Å²) in [5, 5.41) is 9.15. The predicted molar refractivity (Wildman–Crippen MR) is 114 cm³/mol. The minimum absolute atomic E-state index is 0.0567. The number of fused-ring (bicyclic) bond motifs is 1. The number of hydrogen-bond donors (Lipinski definition) is 0. The van der Waals surface area contributed by atoms with E-state index in [4.69, 9.17) is 19.7 Å². The van der Waals surface area contributed by atoms with Gasteiger partial charge in [-0.15, -0.1) is 0 Å². The largest absolute Gasteiger partial charge is 0.381 e. The van der Waals surface area contributed by atoms with E-state index in [1.165, 1.54) is 0 Å². The number of anilines is 1. The van der Waals surface area contributed by atoms with E-state index >= 15 is 0 Å². The average molecular weight is 405 g/mol. The van der Waals surface area contributed by atoms with Gasteiger partial charge >= 0.3 is 0 Å². The van der Waals surface area contributed by atoms with Crippen molar-refractivity contribution in [3.63, 3.8) is 0 Å². The van der Waals surface area contributed by atoms with Gasteiger partial charge in [-0.05, 0) is 49.6 Å². The maximum atomic E-state index is 13.4. The topological polar surface area (TPSA) is 75.5 Å². The summed E-state index contributed by atoms with van der Waals surface area (Å²) in [6.45, 7) is 6.86. The van der Waals surface area contributed by atoms with Crippen molar-refractivity contribution in [3.05, 3.63) is 58.3 Å². The second-order valence-electron chi connectivity index (χ2n) is 8.14. The Labute approximate surface area is 177 Å². The molecule has 30 heavy (non-hydrogen) atoms. The Morgan fingerprint density at radius 3 is 2.73 bits per heavy atom. The molecule has 156 valence electrons. The molecule has 1 aromatic carbocycles. The van der Waals surface area contributed by atoms with Crippen LogP contribution in [0.2, 0.25) is 0 Å². The van der Waals surface area contributed by atoms with Crippen molar-refractivity contribution in [2.75, 3.05) is 31.2 Å². The first kappa shape index (κ1) is 20.5. The van der Waals surface area contributed by atoms with Crippen molar-refractivity contribution in [3.8, 4) is 6.07 Å².